The van der Waals surface area contributed by atoms with Crippen LogP contribution in [-0.2, 0) is 10.0 Å². The lowest BCUT2D eigenvalue weighted by molar-refractivity contribution is 0.601. The summed E-state index contributed by atoms with van der Waals surface area (Å²) in [6.45, 7) is 3.71. The highest BCUT2D eigenvalue weighted by Crippen LogP contribution is 2.28. The highest BCUT2D eigenvalue weighted by molar-refractivity contribution is 7.92. The molecule has 0 bridgehead atoms. The Balaban J connectivity index is 2.45. The van der Waals surface area contributed by atoms with Crippen molar-refractivity contribution in [3.8, 4) is 0 Å². The summed E-state index contributed by atoms with van der Waals surface area (Å²) < 4.78 is 26.6. The number of benzene rings is 1. The Bertz CT molecular complexity index is 663. The van der Waals surface area contributed by atoms with E-state index in [9.17, 15) is 8.42 Å². The maximum atomic E-state index is 12.1. The number of nitrogens with one attached hydrogen (secondary N) is 2. The lowest BCUT2D eigenvalue weighted by Crippen LogP contribution is -2.14. The van der Waals surface area contributed by atoms with Crippen LogP contribution in [-0.4, -0.2) is 18.6 Å². The molecular weight excluding hydrogens is 252 g/mol. The van der Waals surface area contributed by atoms with Gasteiger partial charge < -0.3 is 5.73 Å². The Morgan fingerprint density at radius 2 is 2.06 bits per heavy atom. The van der Waals surface area contributed by atoms with Crippen molar-refractivity contribution in [3.63, 3.8) is 0 Å². The van der Waals surface area contributed by atoms with E-state index >= 15 is 0 Å². The van der Waals surface area contributed by atoms with Crippen LogP contribution in [0.2, 0.25) is 0 Å². The molecule has 0 fully saturated rings. The average Bonchev–Trinajstić information content (AvgIpc) is 2.84. The lowest BCUT2D eigenvalue weighted by Gasteiger charge is -2.13. The van der Waals surface area contributed by atoms with Gasteiger partial charge in [-0.1, -0.05) is 6.07 Å². The van der Waals surface area contributed by atoms with Gasteiger partial charge in [-0.2, -0.15) is 5.10 Å². The van der Waals surface area contributed by atoms with Crippen molar-refractivity contribution in [1.29, 1.82) is 0 Å². The molecule has 0 spiro atoms. The number of sulfonamides is 1. The molecular formula is C11H14N4O2S. The van der Waals surface area contributed by atoms with Crippen molar-refractivity contribution in [2.45, 2.75) is 18.7 Å². The molecule has 4 N–H and O–H groups in total. The molecule has 0 amide bonds. The number of nitrogens with zero attached hydrogens (tertiary/aromatic N) is 1. The van der Waals surface area contributed by atoms with E-state index in [0.29, 0.717) is 11.4 Å². The van der Waals surface area contributed by atoms with Crippen LogP contribution in [0, 0.1) is 13.8 Å². The van der Waals surface area contributed by atoms with Gasteiger partial charge in [0.25, 0.3) is 10.0 Å². The molecule has 0 aliphatic heterocycles. The first-order valence-corrected chi connectivity index (χ1v) is 6.77. The minimum Gasteiger partial charge on any atom is -0.397 e. The second-order valence-electron chi connectivity index (χ2n) is 4.01. The molecule has 96 valence electrons. The van der Waals surface area contributed by atoms with Crippen molar-refractivity contribution in [2.24, 2.45) is 0 Å². The molecule has 6 nitrogen and oxygen atoms in total. The largest absolute Gasteiger partial charge is 0.397 e. The second kappa shape index (κ2) is 4.34. The molecule has 2 rings (SSSR count). The van der Waals surface area contributed by atoms with Gasteiger partial charge in [-0.25, -0.2) is 8.42 Å². The summed E-state index contributed by atoms with van der Waals surface area (Å²) in [4.78, 5) is 0.0720. The molecule has 0 atom stereocenters. The maximum absolute atomic E-state index is 12.1. The van der Waals surface area contributed by atoms with E-state index in [1.807, 2.05) is 19.9 Å². The fourth-order valence-electron chi connectivity index (χ4n) is 1.55. The van der Waals surface area contributed by atoms with Crippen molar-refractivity contribution in [1.82, 2.24) is 10.2 Å². The summed E-state index contributed by atoms with van der Waals surface area (Å²) in [7, 11) is -3.66. The monoisotopic (exact) mass is 266 g/mol. The molecule has 0 unspecified atom stereocenters. The third-order valence-electron chi connectivity index (χ3n) is 2.79. The predicted molar refractivity (Wildman–Crippen MR) is 69.7 cm³/mol. The van der Waals surface area contributed by atoms with Gasteiger partial charge in [-0.15, -0.1) is 0 Å². The van der Waals surface area contributed by atoms with Gasteiger partial charge in [-0.3, -0.25) is 9.82 Å². The summed E-state index contributed by atoms with van der Waals surface area (Å²) in [5, 5.41) is 6.08. The summed E-state index contributed by atoms with van der Waals surface area (Å²) >= 11 is 0. The first-order valence-electron chi connectivity index (χ1n) is 5.29. The molecule has 1 heterocycles. The molecule has 0 aliphatic carbocycles. The smallest absolute Gasteiger partial charge is 0.265 e. The zero-order valence-electron chi connectivity index (χ0n) is 10.1. The number of hydrogen-bond donors (Lipinski definition) is 3. The molecule has 18 heavy (non-hydrogen) atoms. The number of nitrogen functional groups attached to an aromatic ring is 1. The van der Waals surface area contributed by atoms with Gasteiger partial charge in [-0.05, 0) is 31.0 Å². The van der Waals surface area contributed by atoms with Gasteiger partial charge in [0, 0.05) is 6.20 Å². The first-order chi connectivity index (χ1) is 8.42. The van der Waals surface area contributed by atoms with E-state index < -0.39 is 10.0 Å². The minimum atomic E-state index is -3.66. The van der Waals surface area contributed by atoms with Crippen LogP contribution in [0.3, 0.4) is 0 Å². The third-order valence-corrected chi connectivity index (χ3v) is 4.10. The van der Waals surface area contributed by atoms with Gasteiger partial charge >= 0.3 is 0 Å². The van der Waals surface area contributed by atoms with Gasteiger partial charge in [0.1, 0.15) is 4.90 Å². The van der Waals surface area contributed by atoms with Gasteiger partial charge in [0.05, 0.1) is 17.6 Å². The van der Waals surface area contributed by atoms with Gasteiger partial charge in [0.2, 0.25) is 0 Å². The number of hydrogen-bond acceptors (Lipinski definition) is 4. The van der Waals surface area contributed by atoms with Crippen LogP contribution < -0.4 is 10.5 Å². The molecule has 1 aromatic carbocycles. The summed E-state index contributed by atoms with van der Waals surface area (Å²) in [5.74, 6) is 0. The number of aromatic amines is 1. The van der Waals surface area contributed by atoms with Crippen LogP contribution in [0.15, 0.2) is 29.4 Å². The fraction of sp³-hybridized carbons (Fsp3) is 0.182. The third kappa shape index (κ3) is 2.17. The van der Waals surface area contributed by atoms with Crippen molar-refractivity contribution in [3.05, 3.63) is 35.7 Å². The van der Waals surface area contributed by atoms with E-state index in [1.54, 1.807) is 6.07 Å². The number of anilines is 2. The normalized spacial score (nSPS) is 11.4. The molecule has 0 saturated carbocycles. The predicted octanol–water partition coefficient (Wildman–Crippen LogP) is 1.41. The Kier molecular flexibility index (Phi) is 3.00. The van der Waals surface area contributed by atoms with Crippen LogP contribution in [0.4, 0.5) is 11.4 Å². The second-order valence-corrected chi connectivity index (χ2v) is 5.69. The van der Waals surface area contributed by atoms with Crippen LogP contribution in [0.5, 0.6) is 0 Å². The highest BCUT2D eigenvalue weighted by atomic mass is 32.2. The van der Waals surface area contributed by atoms with Crippen LogP contribution in [0.1, 0.15) is 11.1 Å². The van der Waals surface area contributed by atoms with Crippen molar-refractivity contribution < 1.29 is 8.42 Å². The Morgan fingerprint density at radius 1 is 1.33 bits per heavy atom. The van der Waals surface area contributed by atoms with Gasteiger partial charge in [0.15, 0.2) is 0 Å². The average molecular weight is 266 g/mol. The van der Waals surface area contributed by atoms with E-state index in [0.717, 1.165) is 11.1 Å². The summed E-state index contributed by atoms with van der Waals surface area (Å²) in [6, 6.07) is 3.52. The Labute approximate surface area is 105 Å². The molecule has 0 saturated heterocycles. The SMILES string of the molecule is Cc1ccc(N)c(NS(=O)(=O)c2cn[nH]c2)c1C. The highest BCUT2D eigenvalue weighted by Gasteiger charge is 2.18. The van der Waals surface area contributed by atoms with Crippen molar-refractivity contribution >= 4 is 21.4 Å². The van der Waals surface area contributed by atoms with Crippen LogP contribution >= 0.6 is 0 Å². The molecule has 1 aromatic heterocycles. The maximum Gasteiger partial charge on any atom is 0.265 e. The van der Waals surface area contributed by atoms with E-state index in [2.05, 4.69) is 14.9 Å². The van der Waals surface area contributed by atoms with Crippen LogP contribution in [0.25, 0.3) is 0 Å². The number of aromatic nitrogens is 2. The Morgan fingerprint density at radius 3 is 2.67 bits per heavy atom. The zero-order valence-corrected chi connectivity index (χ0v) is 10.9. The molecule has 2 aromatic rings. The summed E-state index contributed by atoms with van der Waals surface area (Å²) in [5.41, 5.74) is 8.38. The molecule has 0 aliphatic rings. The molecule has 0 radical (unpaired) electrons. The first kappa shape index (κ1) is 12.4. The molecule has 7 heteroatoms. The standard InChI is InChI=1S/C11H14N4O2S/c1-7-3-4-10(12)11(8(7)2)15-18(16,17)9-5-13-14-6-9/h3-6,15H,12H2,1-2H3,(H,13,14). The van der Waals surface area contributed by atoms with E-state index in [-0.39, 0.29) is 4.90 Å². The zero-order chi connectivity index (χ0) is 13.3. The van der Waals surface area contributed by atoms with E-state index in [4.69, 9.17) is 5.73 Å². The number of rotatable bonds is 3. The number of aryl methyl sites for hydroxylation is 1. The lowest BCUT2D eigenvalue weighted by atomic mass is 10.1. The number of nitrogens with two attached hydrogens (primary N) is 1. The minimum absolute atomic E-state index is 0.0720. The van der Waals surface area contributed by atoms with Crippen molar-refractivity contribution in [2.75, 3.05) is 10.5 Å². The number of H-pyrrole nitrogens is 1. The Hall–Kier alpha value is -2.02. The quantitative estimate of drug-likeness (QED) is 0.731. The fourth-order valence-corrected chi connectivity index (χ4v) is 2.61. The van der Waals surface area contributed by atoms with E-state index in [1.165, 1.54) is 12.4 Å². The topological polar surface area (TPSA) is 101 Å². The summed E-state index contributed by atoms with van der Waals surface area (Å²) in [6.07, 6.45) is 2.55.